The minimum absolute atomic E-state index is 0.274. The summed E-state index contributed by atoms with van der Waals surface area (Å²) in [5.74, 6) is 0. The van der Waals surface area contributed by atoms with Gasteiger partial charge >= 0.3 is 6.18 Å². The van der Waals surface area contributed by atoms with Crippen LogP contribution in [0.25, 0.3) is 10.9 Å². The lowest BCUT2D eigenvalue weighted by atomic mass is 10.1. The quantitative estimate of drug-likeness (QED) is 0.693. The summed E-state index contributed by atoms with van der Waals surface area (Å²) in [4.78, 5) is 2.70. The monoisotopic (exact) mass is 219 g/mol. The molecule has 0 amide bonds. The fourth-order valence-corrected chi connectivity index (χ4v) is 1.57. The molecule has 0 unspecified atom stereocenters. The molecular weight excluding hydrogens is 215 g/mol. The van der Waals surface area contributed by atoms with E-state index in [-0.39, 0.29) is 5.02 Å². The van der Waals surface area contributed by atoms with Crippen LogP contribution in [0.2, 0.25) is 5.02 Å². The Balaban J connectivity index is 2.71. The van der Waals surface area contributed by atoms with Gasteiger partial charge in [0, 0.05) is 17.1 Å². The van der Waals surface area contributed by atoms with E-state index in [0.717, 1.165) is 6.07 Å². The Bertz CT molecular complexity index is 472. The maximum Gasteiger partial charge on any atom is 0.417 e. The van der Waals surface area contributed by atoms with Crippen LogP contribution in [0.5, 0.6) is 0 Å². The molecule has 0 saturated heterocycles. The first-order valence-corrected chi connectivity index (χ1v) is 4.20. The van der Waals surface area contributed by atoms with Gasteiger partial charge in [-0.1, -0.05) is 11.6 Å². The lowest BCUT2D eigenvalue weighted by molar-refractivity contribution is -0.137. The molecule has 0 spiro atoms. The predicted molar refractivity (Wildman–Crippen MR) is 48.3 cm³/mol. The van der Waals surface area contributed by atoms with Gasteiger partial charge in [-0.15, -0.1) is 0 Å². The van der Waals surface area contributed by atoms with E-state index in [9.17, 15) is 13.2 Å². The Morgan fingerprint density at radius 1 is 1.21 bits per heavy atom. The molecule has 14 heavy (non-hydrogen) atoms. The number of fused-ring (bicyclic) bond motifs is 1. The molecule has 0 aliphatic rings. The molecule has 0 bridgehead atoms. The number of benzene rings is 1. The minimum atomic E-state index is -4.41. The van der Waals surface area contributed by atoms with Gasteiger partial charge in [-0.05, 0) is 18.2 Å². The van der Waals surface area contributed by atoms with Gasteiger partial charge in [-0.2, -0.15) is 13.2 Å². The third-order valence-electron chi connectivity index (χ3n) is 1.95. The number of H-pyrrole nitrogens is 1. The van der Waals surface area contributed by atoms with Crippen LogP contribution in [0, 0.1) is 0 Å². The average molecular weight is 220 g/mol. The maximum atomic E-state index is 12.4. The van der Waals surface area contributed by atoms with E-state index in [2.05, 4.69) is 4.98 Å². The van der Waals surface area contributed by atoms with Gasteiger partial charge < -0.3 is 4.98 Å². The van der Waals surface area contributed by atoms with Crippen molar-refractivity contribution in [2.24, 2.45) is 0 Å². The molecule has 74 valence electrons. The van der Waals surface area contributed by atoms with E-state index in [0.29, 0.717) is 10.9 Å². The summed E-state index contributed by atoms with van der Waals surface area (Å²) in [6.45, 7) is 0. The predicted octanol–water partition coefficient (Wildman–Crippen LogP) is 3.84. The molecule has 0 saturated carbocycles. The van der Waals surface area contributed by atoms with Gasteiger partial charge in [0.2, 0.25) is 0 Å². The van der Waals surface area contributed by atoms with Crippen molar-refractivity contribution in [2.75, 3.05) is 0 Å². The van der Waals surface area contributed by atoms with Crippen molar-refractivity contribution in [3.8, 4) is 0 Å². The van der Waals surface area contributed by atoms with Gasteiger partial charge in [0.1, 0.15) is 0 Å². The van der Waals surface area contributed by atoms with Gasteiger partial charge in [-0.25, -0.2) is 0 Å². The molecule has 0 radical (unpaired) electrons. The lowest BCUT2D eigenvalue weighted by Crippen LogP contribution is -2.05. The number of alkyl halides is 3. The molecule has 0 aliphatic heterocycles. The number of hydrogen-bond acceptors (Lipinski definition) is 0. The van der Waals surface area contributed by atoms with Crippen LogP contribution in [-0.2, 0) is 6.18 Å². The second-order valence-corrected chi connectivity index (χ2v) is 3.30. The molecule has 0 fully saturated rings. The van der Waals surface area contributed by atoms with E-state index in [1.54, 1.807) is 12.3 Å². The highest BCUT2D eigenvalue weighted by molar-refractivity contribution is 6.32. The van der Waals surface area contributed by atoms with Crippen molar-refractivity contribution >= 4 is 22.5 Å². The van der Waals surface area contributed by atoms with Crippen LogP contribution in [-0.4, -0.2) is 4.98 Å². The van der Waals surface area contributed by atoms with Crippen molar-refractivity contribution in [1.29, 1.82) is 0 Å². The Labute approximate surface area is 82.5 Å². The standard InChI is InChI=1S/C9H5ClF3N/c10-7-3-5-1-2-14-8(5)4-6(7)9(11,12)13/h1-4,14H. The molecule has 5 heteroatoms. The zero-order valence-electron chi connectivity index (χ0n) is 6.82. The van der Waals surface area contributed by atoms with Crippen LogP contribution in [0.4, 0.5) is 13.2 Å². The molecule has 2 aromatic rings. The normalized spacial score (nSPS) is 12.3. The Kier molecular flexibility index (Phi) is 1.96. The second-order valence-electron chi connectivity index (χ2n) is 2.89. The van der Waals surface area contributed by atoms with Crippen LogP contribution < -0.4 is 0 Å². The molecule has 1 nitrogen and oxygen atoms in total. The summed E-state index contributed by atoms with van der Waals surface area (Å²) >= 11 is 5.51. The summed E-state index contributed by atoms with van der Waals surface area (Å²) in [5, 5.41) is 0.396. The van der Waals surface area contributed by atoms with E-state index in [1.807, 2.05) is 0 Å². The van der Waals surface area contributed by atoms with Gasteiger partial charge in [0.05, 0.1) is 10.6 Å². The van der Waals surface area contributed by atoms with Crippen LogP contribution in [0.15, 0.2) is 24.4 Å². The Hall–Kier alpha value is -1.16. The number of nitrogens with one attached hydrogen (secondary N) is 1. The van der Waals surface area contributed by atoms with Crippen LogP contribution in [0.3, 0.4) is 0 Å². The smallest absolute Gasteiger partial charge is 0.361 e. The zero-order valence-corrected chi connectivity index (χ0v) is 7.58. The van der Waals surface area contributed by atoms with E-state index in [1.165, 1.54) is 6.07 Å². The fraction of sp³-hybridized carbons (Fsp3) is 0.111. The first-order valence-electron chi connectivity index (χ1n) is 3.82. The van der Waals surface area contributed by atoms with Gasteiger partial charge in [-0.3, -0.25) is 0 Å². The highest BCUT2D eigenvalue weighted by atomic mass is 35.5. The van der Waals surface area contributed by atoms with Crippen molar-refractivity contribution < 1.29 is 13.2 Å². The molecule has 1 N–H and O–H groups in total. The largest absolute Gasteiger partial charge is 0.417 e. The molecular formula is C9H5ClF3N. The van der Waals surface area contributed by atoms with Crippen molar-refractivity contribution in [1.82, 2.24) is 4.98 Å². The topological polar surface area (TPSA) is 15.8 Å². The number of aromatic amines is 1. The van der Waals surface area contributed by atoms with Crippen LogP contribution in [0.1, 0.15) is 5.56 Å². The molecule has 0 aliphatic carbocycles. The van der Waals surface area contributed by atoms with E-state index >= 15 is 0 Å². The van der Waals surface area contributed by atoms with Gasteiger partial charge in [0.25, 0.3) is 0 Å². The SMILES string of the molecule is FC(F)(F)c1cc2[nH]ccc2cc1Cl. The third kappa shape index (κ3) is 1.46. The molecule has 1 heterocycles. The third-order valence-corrected chi connectivity index (χ3v) is 2.26. The number of rotatable bonds is 0. The summed E-state index contributed by atoms with van der Waals surface area (Å²) in [6, 6.07) is 3.98. The van der Waals surface area contributed by atoms with Crippen molar-refractivity contribution in [2.45, 2.75) is 6.18 Å². The molecule has 1 aromatic heterocycles. The first-order chi connectivity index (χ1) is 6.48. The van der Waals surface area contributed by atoms with Crippen molar-refractivity contribution in [3.63, 3.8) is 0 Å². The molecule has 2 rings (SSSR count). The summed E-state index contributed by atoms with van der Waals surface area (Å²) in [7, 11) is 0. The highest BCUT2D eigenvalue weighted by Gasteiger charge is 2.33. The summed E-state index contributed by atoms with van der Waals surface area (Å²) < 4.78 is 37.2. The number of aromatic nitrogens is 1. The molecule has 0 atom stereocenters. The van der Waals surface area contributed by atoms with Crippen molar-refractivity contribution in [3.05, 3.63) is 35.0 Å². The number of hydrogen-bond donors (Lipinski definition) is 1. The summed E-state index contributed by atoms with van der Waals surface area (Å²) in [6.07, 6.45) is -2.84. The van der Waals surface area contributed by atoms with Gasteiger partial charge in [0.15, 0.2) is 0 Å². The fourth-order valence-electron chi connectivity index (χ4n) is 1.29. The second kappa shape index (κ2) is 2.92. The number of halogens is 4. The lowest BCUT2D eigenvalue weighted by Gasteiger charge is -2.08. The average Bonchev–Trinajstić information content (AvgIpc) is 2.47. The highest BCUT2D eigenvalue weighted by Crippen LogP contribution is 2.36. The Morgan fingerprint density at radius 2 is 1.93 bits per heavy atom. The van der Waals surface area contributed by atoms with E-state index in [4.69, 9.17) is 11.6 Å². The van der Waals surface area contributed by atoms with Crippen LogP contribution >= 0.6 is 11.6 Å². The zero-order chi connectivity index (χ0) is 10.3. The summed E-state index contributed by atoms with van der Waals surface area (Å²) in [5.41, 5.74) is -0.379. The first kappa shape index (κ1) is 9.40. The molecule has 1 aromatic carbocycles. The van der Waals surface area contributed by atoms with E-state index < -0.39 is 11.7 Å². The minimum Gasteiger partial charge on any atom is -0.361 e. The maximum absolute atomic E-state index is 12.4. The Morgan fingerprint density at radius 3 is 2.57 bits per heavy atom.